The Labute approximate surface area is 101 Å². The quantitative estimate of drug-likeness (QED) is 0.616. The monoisotopic (exact) mass is 257 g/mol. The first-order valence-electron chi connectivity index (χ1n) is 4.37. The van der Waals surface area contributed by atoms with E-state index in [0.29, 0.717) is 0 Å². The van der Waals surface area contributed by atoms with Gasteiger partial charge in [-0.1, -0.05) is 18.2 Å². The number of nitro groups is 1. The second kappa shape index (κ2) is 5.26. The molecule has 0 atom stereocenters. The van der Waals surface area contributed by atoms with Gasteiger partial charge in [-0.25, -0.2) is 9.78 Å². The number of carboxylic acid groups (broad SMARTS) is 1. The van der Waals surface area contributed by atoms with Crippen LogP contribution in [0.4, 0.5) is 11.5 Å². The molecule has 0 aromatic carbocycles. The van der Waals surface area contributed by atoms with Gasteiger partial charge in [0.1, 0.15) is 0 Å². The maximum Gasteiger partial charge on any atom is 0.354 e. The van der Waals surface area contributed by atoms with Crippen molar-refractivity contribution >= 4 is 29.1 Å². The zero-order valence-corrected chi connectivity index (χ0v) is 9.27. The second-order valence-electron chi connectivity index (χ2n) is 3.00. The molecule has 0 bridgehead atoms. The number of carboxylic acids is 1. The van der Waals surface area contributed by atoms with Crippen molar-refractivity contribution in [3.05, 3.63) is 39.6 Å². The maximum absolute atomic E-state index is 10.7. The van der Waals surface area contributed by atoms with E-state index in [1.807, 2.05) is 0 Å². The lowest BCUT2D eigenvalue weighted by atomic mass is 10.3. The molecule has 2 N–H and O–H groups in total. The average Bonchev–Trinajstić information content (AvgIpc) is 2.25. The standard InChI is InChI=1S/C9H8ClN3O4/c1-5(10)4-11-8-7(13(16)17)3-2-6(12-8)9(14)15/h2-3H,1,4H2,(H,11,12)(H,14,15). The molecule has 1 aromatic rings. The zero-order chi connectivity index (χ0) is 13.0. The van der Waals surface area contributed by atoms with Crippen LogP contribution in [0.25, 0.3) is 0 Å². The highest BCUT2D eigenvalue weighted by molar-refractivity contribution is 6.29. The summed E-state index contributed by atoms with van der Waals surface area (Å²) in [5.41, 5.74) is -0.619. The van der Waals surface area contributed by atoms with Crippen LogP contribution in [0.3, 0.4) is 0 Å². The highest BCUT2D eigenvalue weighted by Crippen LogP contribution is 2.22. The molecule has 0 unspecified atom stereocenters. The van der Waals surface area contributed by atoms with E-state index in [2.05, 4.69) is 16.9 Å². The largest absolute Gasteiger partial charge is 0.477 e. The van der Waals surface area contributed by atoms with E-state index in [1.165, 1.54) is 0 Å². The van der Waals surface area contributed by atoms with Crippen LogP contribution in [0.15, 0.2) is 23.7 Å². The third kappa shape index (κ3) is 3.42. The Balaban J connectivity index is 3.11. The molecule has 0 aliphatic rings. The fraction of sp³-hybridized carbons (Fsp3) is 0.111. The third-order valence-corrected chi connectivity index (χ3v) is 1.87. The summed E-state index contributed by atoms with van der Waals surface area (Å²) >= 11 is 5.49. The molecule has 1 heterocycles. The second-order valence-corrected chi connectivity index (χ2v) is 3.53. The van der Waals surface area contributed by atoms with Crippen LogP contribution >= 0.6 is 11.6 Å². The molecule has 0 radical (unpaired) electrons. The van der Waals surface area contributed by atoms with Crippen molar-refractivity contribution in [3.63, 3.8) is 0 Å². The lowest BCUT2D eigenvalue weighted by molar-refractivity contribution is -0.384. The van der Waals surface area contributed by atoms with Gasteiger partial charge in [-0.3, -0.25) is 10.1 Å². The Kier molecular flexibility index (Phi) is 4.00. The molecule has 1 rings (SSSR count). The van der Waals surface area contributed by atoms with Crippen LogP contribution in [0.5, 0.6) is 0 Å². The molecule has 90 valence electrons. The van der Waals surface area contributed by atoms with Crippen molar-refractivity contribution in [3.8, 4) is 0 Å². The van der Waals surface area contributed by atoms with Crippen molar-refractivity contribution < 1.29 is 14.8 Å². The summed E-state index contributed by atoms with van der Waals surface area (Å²) in [6.07, 6.45) is 0. The van der Waals surface area contributed by atoms with Gasteiger partial charge >= 0.3 is 11.7 Å². The van der Waals surface area contributed by atoms with Crippen LogP contribution in [-0.2, 0) is 0 Å². The Morgan fingerprint density at radius 2 is 2.29 bits per heavy atom. The fourth-order valence-corrected chi connectivity index (χ4v) is 1.09. The maximum atomic E-state index is 10.7. The number of anilines is 1. The zero-order valence-electron chi connectivity index (χ0n) is 8.51. The van der Waals surface area contributed by atoms with E-state index in [0.717, 1.165) is 12.1 Å². The number of aromatic nitrogens is 1. The highest BCUT2D eigenvalue weighted by Gasteiger charge is 2.18. The summed E-state index contributed by atoms with van der Waals surface area (Å²) in [4.78, 5) is 24.3. The van der Waals surface area contributed by atoms with E-state index in [4.69, 9.17) is 16.7 Å². The first-order valence-corrected chi connectivity index (χ1v) is 4.75. The number of hydrogen-bond acceptors (Lipinski definition) is 5. The Bertz CT molecular complexity index is 489. The minimum atomic E-state index is -1.27. The SMILES string of the molecule is C=C(Cl)CNc1nc(C(=O)O)ccc1[N+](=O)[O-]. The number of hydrogen-bond donors (Lipinski definition) is 2. The van der Waals surface area contributed by atoms with Gasteiger partial charge in [0.2, 0.25) is 5.82 Å². The predicted molar refractivity (Wildman–Crippen MR) is 61.3 cm³/mol. The molecule has 1 aromatic heterocycles. The summed E-state index contributed by atoms with van der Waals surface area (Å²) in [5.74, 6) is -1.43. The highest BCUT2D eigenvalue weighted by atomic mass is 35.5. The van der Waals surface area contributed by atoms with Crippen molar-refractivity contribution in [2.24, 2.45) is 0 Å². The first-order chi connectivity index (χ1) is 7.91. The minimum Gasteiger partial charge on any atom is -0.477 e. The average molecular weight is 258 g/mol. The van der Waals surface area contributed by atoms with Gasteiger partial charge in [0, 0.05) is 11.1 Å². The van der Waals surface area contributed by atoms with Gasteiger partial charge in [-0.05, 0) is 6.07 Å². The number of carbonyl (C=O) groups is 1. The van der Waals surface area contributed by atoms with Gasteiger partial charge < -0.3 is 10.4 Å². The van der Waals surface area contributed by atoms with Crippen LogP contribution < -0.4 is 5.32 Å². The Morgan fingerprint density at radius 1 is 1.65 bits per heavy atom. The van der Waals surface area contributed by atoms with Gasteiger partial charge in [0.05, 0.1) is 11.5 Å². The van der Waals surface area contributed by atoms with Gasteiger partial charge in [-0.2, -0.15) is 0 Å². The van der Waals surface area contributed by atoms with E-state index in [1.54, 1.807) is 0 Å². The van der Waals surface area contributed by atoms with Crippen molar-refractivity contribution in [1.82, 2.24) is 4.98 Å². The smallest absolute Gasteiger partial charge is 0.354 e. The number of nitrogens with zero attached hydrogens (tertiary/aromatic N) is 2. The first kappa shape index (κ1) is 12.9. The molecule has 0 fully saturated rings. The Hall–Kier alpha value is -2.15. The number of pyridine rings is 1. The normalized spacial score (nSPS) is 9.71. The molecule has 0 aliphatic carbocycles. The van der Waals surface area contributed by atoms with Crippen LogP contribution in [0, 0.1) is 10.1 Å². The van der Waals surface area contributed by atoms with Crippen molar-refractivity contribution in [1.29, 1.82) is 0 Å². The summed E-state index contributed by atoms with van der Waals surface area (Å²) in [7, 11) is 0. The third-order valence-electron chi connectivity index (χ3n) is 1.74. The number of rotatable bonds is 5. The summed E-state index contributed by atoms with van der Waals surface area (Å²) in [6.45, 7) is 3.45. The van der Waals surface area contributed by atoms with E-state index in [-0.39, 0.29) is 28.8 Å². The molecule has 17 heavy (non-hydrogen) atoms. The van der Waals surface area contributed by atoms with Crippen LogP contribution in [0.2, 0.25) is 0 Å². The molecule has 7 nitrogen and oxygen atoms in total. The topological polar surface area (TPSA) is 105 Å². The lowest BCUT2D eigenvalue weighted by Gasteiger charge is -2.05. The molecule has 0 amide bonds. The fourth-order valence-electron chi connectivity index (χ4n) is 1.03. The number of aromatic carboxylic acids is 1. The van der Waals surface area contributed by atoms with Crippen molar-refractivity contribution in [2.75, 3.05) is 11.9 Å². The predicted octanol–water partition coefficient (Wildman–Crippen LogP) is 1.85. The molecule has 0 spiro atoms. The molecular weight excluding hydrogens is 250 g/mol. The lowest BCUT2D eigenvalue weighted by Crippen LogP contribution is -2.09. The number of nitrogens with one attached hydrogen (secondary N) is 1. The van der Waals surface area contributed by atoms with E-state index in [9.17, 15) is 14.9 Å². The minimum absolute atomic E-state index is 0.0540. The van der Waals surface area contributed by atoms with Gasteiger partial charge in [0.25, 0.3) is 0 Å². The Morgan fingerprint density at radius 3 is 2.76 bits per heavy atom. The van der Waals surface area contributed by atoms with E-state index >= 15 is 0 Å². The molecule has 0 saturated carbocycles. The van der Waals surface area contributed by atoms with E-state index < -0.39 is 10.9 Å². The van der Waals surface area contributed by atoms with Gasteiger partial charge in [0.15, 0.2) is 5.69 Å². The summed E-state index contributed by atoms with van der Waals surface area (Å²) < 4.78 is 0. The molecule has 0 saturated heterocycles. The van der Waals surface area contributed by atoms with Crippen LogP contribution in [-0.4, -0.2) is 27.5 Å². The molecular formula is C9H8ClN3O4. The van der Waals surface area contributed by atoms with Gasteiger partial charge in [-0.15, -0.1) is 0 Å². The molecule has 8 heteroatoms. The summed E-state index contributed by atoms with van der Waals surface area (Å²) in [5, 5.41) is 22.1. The van der Waals surface area contributed by atoms with Crippen LogP contribution in [0.1, 0.15) is 10.5 Å². The van der Waals surface area contributed by atoms with Crippen molar-refractivity contribution in [2.45, 2.75) is 0 Å². The summed E-state index contributed by atoms with van der Waals surface area (Å²) in [6, 6.07) is 2.12. The number of halogens is 1. The molecule has 0 aliphatic heterocycles.